The maximum absolute atomic E-state index is 7.64. The summed E-state index contributed by atoms with van der Waals surface area (Å²) in [5.41, 5.74) is 5.68. The SMILES string of the molecule is CCCC1CCc2cc(OCc3ccc(C(C)=N)cc3)ccc2C1. The molecule has 0 radical (unpaired) electrons. The summed E-state index contributed by atoms with van der Waals surface area (Å²) in [4.78, 5) is 0. The van der Waals surface area contributed by atoms with E-state index in [1.165, 1.54) is 43.2 Å². The average Bonchev–Trinajstić information content (AvgIpc) is 2.60. The zero-order valence-corrected chi connectivity index (χ0v) is 14.8. The van der Waals surface area contributed by atoms with Gasteiger partial charge < -0.3 is 10.1 Å². The Morgan fingerprint density at radius 2 is 1.92 bits per heavy atom. The molecule has 1 N–H and O–H groups in total. The van der Waals surface area contributed by atoms with E-state index in [-0.39, 0.29) is 0 Å². The molecule has 0 aromatic heterocycles. The molecule has 2 heteroatoms. The van der Waals surface area contributed by atoms with Gasteiger partial charge in [0.25, 0.3) is 0 Å². The topological polar surface area (TPSA) is 33.1 Å². The Kier molecular flexibility index (Phi) is 5.34. The summed E-state index contributed by atoms with van der Waals surface area (Å²) in [5.74, 6) is 1.83. The van der Waals surface area contributed by atoms with Crippen LogP contribution in [0.15, 0.2) is 42.5 Å². The third-order valence-corrected chi connectivity index (χ3v) is 5.00. The number of ether oxygens (including phenoxy) is 1. The second kappa shape index (κ2) is 7.65. The molecule has 1 aliphatic rings. The van der Waals surface area contributed by atoms with E-state index < -0.39 is 0 Å². The second-order valence-corrected chi connectivity index (χ2v) is 6.94. The van der Waals surface area contributed by atoms with Crippen LogP contribution in [0, 0.1) is 11.3 Å². The van der Waals surface area contributed by atoms with Gasteiger partial charge in [0.2, 0.25) is 0 Å². The van der Waals surface area contributed by atoms with Crippen molar-refractivity contribution in [2.24, 2.45) is 5.92 Å². The standard InChI is InChI=1S/C22H27NO/c1-3-4-17-5-10-21-14-22(12-11-20(21)13-17)24-15-18-6-8-19(9-7-18)16(2)23/h6-9,11-12,14,17,23H,3-5,10,13,15H2,1-2H3. The van der Waals surface area contributed by atoms with Crippen molar-refractivity contribution in [2.45, 2.75) is 52.6 Å². The van der Waals surface area contributed by atoms with E-state index in [1.54, 1.807) is 0 Å². The van der Waals surface area contributed by atoms with Gasteiger partial charge in [-0.25, -0.2) is 0 Å². The summed E-state index contributed by atoms with van der Waals surface area (Å²) < 4.78 is 5.98. The minimum Gasteiger partial charge on any atom is -0.489 e. The van der Waals surface area contributed by atoms with Gasteiger partial charge in [0.05, 0.1) is 0 Å². The van der Waals surface area contributed by atoms with E-state index in [4.69, 9.17) is 10.1 Å². The van der Waals surface area contributed by atoms with Crippen LogP contribution in [0.5, 0.6) is 5.75 Å². The van der Waals surface area contributed by atoms with E-state index in [2.05, 4.69) is 25.1 Å². The number of hydrogen-bond donors (Lipinski definition) is 1. The highest BCUT2D eigenvalue weighted by molar-refractivity contribution is 5.96. The first kappa shape index (κ1) is 16.8. The van der Waals surface area contributed by atoms with Gasteiger partial charge in [-0.2, -0.15) is 0 Å². The van der Waals surface area contributed by atoms with Crippen molar-refractivity contribution in [1.29, 1.82) is 5.41 Å². The number of hydrogen-bond acceptors (Lipinski definition) is 2. The first-order chi connectivity index (χ1) is 11.7. The largest absolute Gasteiger partial charge is 0.489 e. The Morgan fingerprint density at radius 1 is 1.12 bits per heavy atom. The fourth-order valence-electron chi connectivity index (χ4n) is 3.57. The Labute approximate surface area is 145 Å². The molecule has 0 saturated carbocycles. The van der Waals surface area contributed by atoms with Gasteiger partial charge in [-0.05, 0) is 66.5 Å². The molecule has 1 unspecified atom stereocenters. The first-order valence-electron chi connectivity index (χ1n) is 9.04. The maximum atomic E-state index is 7.64. The van der Waals surface area contributed by atoms with Crippen molar-refractivity contribution in [3.8, 4) is 5.75 Å². The molecule has 3 rings (SSSR count). The van der Waals surface area contributed by atoms with E-state index in [9.17, 15) is 0 Å². The number of fused-ring (bicyclic) bond motifs is 1. The number of rotatable bonds is 6. The molecule has 126 valence electrons. The molecule has 0 bridgehead atoms. The quantitative estimate of drug-likeness (QED) is 0.694. The van der Waals surface area contributed by atoms with Crippen LogP contribution >= 0.6 is 0 Å². The molecular weight excluding hydrogens is 294 g/mol. The van der Waals surface area contributed by atoms with E-state index >= 15 is 0 Å². The van der Waals surface area contributed by atoms with Gasteiger partial charge in [0, 0.05) is 5.71 Å². The molecular formula is C22H27NO. The van der Waals surface area contributed by atoms with Crippen LogP contribution in [0.3, 0.4) is 0 Å². The predicted molar refractivity (Wildman–Crippen MR) is 100 cm³/mol. The van der Waals surface area contributed by atoms with E-state index in [0.29, 0.717) is 12.3 Å². The molecule has 0 aliphatic heterocycles. The minimum absolute atomic E-state index is 0.578. The molecule has 24 heavy (non-hydrogen) atoms. The Morgan fingerprint density at radius 3 is 2.62 bits per heavy atom. The lowest BCUT2D eigenvalue weighted by Gasteiger charge is -2.24. The molecule has 1 atom stereocenters. The molecule has 0 amide bonds. The molecule has 0 saturated heterocycles. The molecule has 2 nitrogen and oxygen atoms in total. The Hall–Kier alpha value is -2.09. The number of nitrogens with one attached hydrogen (secondary N) is 1. The monoisotopic (exact) mass is 321 g/mol. The molecule has 2 aromatic carbocycles. The number of aryl methyl sites for hydroxylation is 1. The highest BCUT2D eigenvalue weighted by Gasteiger charge is 2.18. The third kappa shape index (κ3) is 4.05. The van der Waals surface area contributed by atoms with Crippen molar-refractivity contribution in [2.75, 3.05) is 0 Å². The lowest BCUT2D eigenvalue weighted by atomic mass is 9.82. The normalized spacial score (nSPS) is 16.5. The van der Waals surface area contributed by atoms with Crippen LogP contribution in [-0.2, 0) is 19.4 Å². The Balaban J connectivity index is 1.61. The van der Waals surface area contributed by atoms with E-state index in [1.807, 2.05) is 31.2 Å². The van der Waals surface area contributed by atoms with Gasteiger partial charge >= 0.3 is 0 Å². The predicted octanol–water partition coefficient (Wildman–Crippen LogP) is 5.56. The van der Waals surface area contributed by atoms with Crippen LogP contribution in [-0.4, -0.2) is 5.71 Å². The van der Waals surface area contributed by atoms with Gasteiger partial charge in [-0.3, -0.25) is 0 Å². The van der Waals surface area contributed by atoms with E-state index in [0.717, 1.165) is 22.8 Å². The molecule has 0 spiro atoms. The Bertz CT molecular complexity index is 702. The summed E-state index contributed by atoms with van der Waals surface area (Å²) >= 11 is 0. The zero-order valence-electron chi connectivity index (χ0n) is 14.8. The minimum atomic E-state index is 0.578. The lowest BCUT2D eigenvalue weighted by molar-refractivity contribution is 0.305. The van der Waals surface area contributed by atoms with Crippen molar-refractivity contribution < 1.29 is 4.74 Å². The average molecular weight is 321 g/mol. The van der Waals surface area contributed by atoms with Crippen molar-refractivity contribution in [3.63, 3.8) is 0 Å². The van der Waals surface area contributed by atoms with Crippen molar-refractivity contribution >= 4 is 5.71 Å². The van der Waals surface area contributed by atoms with Crippen LogP contribution in [0.2, 0.25) is 0 Å². The highest BCUT2D eigenvalue weighted by atomic mass is 16.5. The van der Waals surface area contributed by atoms with Crippen LogP contribution in [0.25, 0.3) is 0 Å². The molecule has 1 aliphatic carbocycles. The van der Waals surface area contributed by atoms with Gasteiger partial charge in [-0.1, -0.05) is 50.1 Å². The summed E-state index contributed by atoms with van der Waals surface area (Å²) in [6.07, 6.45) is 6.37. The molecule has 0 heterocycles. The van der Waals surface area contributed by atoms with Gasteiger partial charge in [0.15, 0.2) is 0 Å². The summed E-state index contributed by atoms with van der Waals surface area (Å²) in [6, 6.07) is 14.7. The molecule has 0 fully saturated rings. The first-order valence-corrected chi connectivity index (χ1v) is 9.04. The van der Waals surface area contributed by atoms with Crippen LogP contribution in [0.4, 0.5) is 0 Å². The highest BCUT2D eigenvalue weighted by Crippen LogP contribution is 2.31. The smallest absolute Gasteiger partial charge is 0.120 e. The third-order valence-electron chi connectivity index (χ3n) is 5.00. The zero-order chi connectivity index (χ0) is 16.9. The molecule has 2 aromatic rings. The summed E-state index contributed by atoms with van der Waals surface area (Å²) in [6.45, 7) is 4.67. The fourth-order valence-corrected chi connectivity index (χ4v) is 3.57. The van der Waals surface area contributed by atoms with Crippen molar-refractivity contribution in [1.82, 2.24) is 0 Å². The second-order valence-electron chi connectivity index (χ2n) is 6.94. The van der Waals surface area contributed by atoms with Crippen LogP contribution < -0.4 is 4.74 Å². The van der Waals surface area contributed by atoms with Crippen molar-refractivity contribution in [3.05, 3.63) is 64.7 Å². The van der Waals surface area contributed by atoms with Crippen LogP contribution in [0.1, 0.15) is 55.4 Å². The lowest BCUT2D eigenvalue weighted by Crippen LogP contribution is -2.14. The maximum Gasteiger partial charge on any atom is 0.120 e. The number of benzene rings is 2. The fraction of sp³-hybridized carbons (Fsp3) is 0.409. The van der Waals surface area contributed by atoms with Gasteiger partial charge in [0.1, 0.15) is 12.4 Å². The summed E-state index contributed by atoms with van der Waals surface area (Å²) in [5, 5.41) is 7.64. The summed E-state index contributed by atoms with van der Waals surface area (Å²) in [7, 11) is 0. The van der Waals surface area contributed by atoms with Gasteiger partial charge in [-0.15, -0.1) is 0 Å².